The Morgan fingerprint density at radius 1 is 0.492 bits per heavy atom. The minimum atomic E-state index is -1.06. The van der Waals surface area contributed by atoms with Gasteiger partial charge in [0.2, 0.25) is 11.8 Å². The summed E-state index contributed by atoms with van der Waals surface area (Å²) in [4.78, 5) is 151. The number of aromatic nitrogens is 4. The number of aliphatic hydroxyl groups is 1. The third-order valence-corrected chi connectivity index (χ3v) is 20.3. The molecule has 4 aliphatic rings. The van der Waals surface area contributed by atoms with Gasteiger partial charge in [0.1, 0.15) is 57.4 Å². The number of hydrogen-bond donors (Lipinski definition) is 5. The molecule has 0 unspecified atom stereocenters. The second kappa shape index (κ2) is 51.7. The zero-order chi connectivity index (χ0) is 87.8. The molecule has 0 aliphatic carbocycles. The van der Waals surface area contributed by atoms with Crippen LogP contribution in [0, 0.1) is 57.7 Å². The monoisotopic (exact) mass is 1910 g/mol. The zero-order valence-corrected chi connectivity index (χ0v) is 76.7. The maximum absolute atomic E-state index is 13.4. The van der Waals surface area contributed by atoms with Gasteiger partial charge in [-0.05, 0) is 151 Å². The Hall–Kier alpha value is -7.83. The Morgan fingerprint density at radius 2 is 0.881 bits per heavy atom. The molecule has 34 nitrogen and oxygen atoms in total. The van der Waals surface area contributed by atoms with Crippen molar-refractivity contribution in [3.63, 3.8) is 0 Å². The van der Waals surface area contributed by atoms with Gasteiger partial charge < -0.3 is 88.4 Å². The summed E-state index contributed by atoms with van der Waals surface area (Å²) in [5.74, 6) is -5.06. The number of carbonyl (C=O) groups is 11. The number of amides is 3. The summed E-state index contributed by atoms with van der Waals surface area (Å²) in [6.45, 7) is 24.7. The third kappa shape index (κ3) is 37.8. The van der Waals surface area contributed by atoms with Crippen molar-refractivity contribution in [2.75, 3.05) is 95.3 Å². The van der Waals surface area contributed by atoms with Crippen LogP contribution >= 0.6 is 63.7 Å². The summed E-state index contributed by atoms with van der Waals surface area (Å²) in [7, 11) is 7.81. The first kappa shape index (κ1) is 108. The maximum atomic E-state index is 13.4. The standard InChI is InChI=1S/C21H29BrN2O6.C20H27BrN2O6.C12H15BrN2O3.C12H21NO5.C9H16O4.C5H4BrNO.Li.H2O/c1-21(2,3)16(8-18(25)28-4)19(26)24-11-13(6-17(24)20(27)29-5)12-30-15-7-14(22)9-23-10-15;1-20(2,3)14(9-17(24)28-4)18(25)23-10-12(7-15(23)19(26)27)11-29-13-5-6-22-16(21)8-13;1-17-12(16)11-2-8(4-15-11)7-18-10-3-9(13)5-14-6-10;1-12(2,3)18-11(16)13-6-8(7-14)5-9(13)10(15)17-4;1-9(2,3)6(8(11)12)5-7(10)13-4;6-4-1-5(8)3-7-2-4;;/h7,9-10,13,16-17H,6,8,11-12H2,1-5H3;5-6,8,12,14-15H,7,9-11H2,1-4H3,(H,26,27);3,5-6,8,11,15H,2,4,7H2,1H3;8-9,14H,5-7H2,1-4H3;6H,5H2,1-4H3,(H,11,12);1-3,8H;;1H2/q;;;;;;+1;/p-1/t13-,16-,17+;12-,14-,15+;8-,11+;8-,9+;6-;;;/m11111.../s1. The van der Waals surface area contributed by atoms with Gasteiger partial charge >= 0.3 is 72.7 Å². The van der Waals surface area contributed by atoms with E-state index in [1.54, 1.807) is 103 Å². The van der Waals surface area contributed by atoms with Crippen LogP contribution in [0.25, 0.3) is 0 Å². The zero-order valence-electron chi connectivity index (χ0n) is 70.3. The molecule has 0 radical (unpaired) electrons. The predicted molar refractivity (Wildman–Crippen MR) is 437 cm³/mol. The summed E-state index contributed by atoms with van der Waals surface area (Å²) in [6.07, 6.45) is 12.3. The molecule has 654 valence electrons. The predicted octanol–water partition coefficient (Wildman–Crippen LogP) is 7.41. The first-order valence-electron chi connectivity index (χ1n) is 37.0. The topological polar surface area (TPSA) is 464 Å². The van der Waals surface area contributed by atoms with Gasteiger partial charge in [0, 0.05) is 101 Å². The van der Waals surface area contributed by atoms with Crippen LogP contribution < -0.4 is 38.4 Å². The number of methoxy groups -OCH3 is 6. The number of carbonyl (C=O) groups excluding carboxylic acids is 9. The van der Waals surface area contributed by atoms with Crippen LogP contribution in [-0.4, -0.2) is 251 Å². The molecule has 11 atom stereocenters. The van der Waals surface area contributed by atoms with Crippen molar-refractivity contribution in [3.05, 3.63) is 91.7 Å². The van der Waals surface area contributed by atoms with Gasteiger partial charge in [-0.1, -0.05) is 62.3 Å². The van der Waals surface area contributed by atoms with Gasteiger partial charge in [0.05, 0.1) is 118 Å². The molecule has 4 aromatic heterocycles. The molecule has 39 heteroatoms. The molecule has 4 aromatic rings. The van der Waals surface area contributed by atoms with Crippen LogP contribution in [0.1, 0.15) is 128 Å². The number of nitrogens with zero attached hydrogens (tertiary/aromatic N) is 7. The molecular weight excluding hydrogens is 1800 g/mol. The fraction of sp³-hybridized carbons (Fsp3) is 0.608. The SMILES string of the molecule is COC(=O)C[C@H](C(=O)N1C[C@H](COc2ccnc(Br)c2)C[C@H]1C(=O)O)C(C)(C)C.COC(=O)C[C@H](C(=O)N1C[C@H](COc2cncc(Br)c2)C[C@H]1C(=O)OC)C(C)(C)C.COC(=O)C[C@H](C(=O)O)C(C)(C)C.COC(=O)[C@@H]1C[C@@H](CO)CN1C(=O)OC(C)(C)C.COC(=O)[C@@H]1C[C@@H](COc2cncc(Br)c2)CN1.Oc1cncc(Br)c1.[Li+].[OH-]. The number of carboxylic acids is 2. The summed E-state index contributed by atoms with van der Waals surface area (Å²) in [5, 5.41) is 39.5. The van der Waals surface area contributed by atoms with Gasteiger partial charge in [-0.3, -0.25) is 53.4 Å². The van der Waals surface area contributed by atoms with E-state index in [0.29, 0.717) is 67.6 Å². The van der Waals surface area contributed by atoms with Crippen molar-refractivity contribution >= 4 is 129 Å². The van der Waals surface area contributed by atoms with Crippen molar-refractivity contribution in [2.24, 2.45) is 57.7 Å². The Labute approximate surface area is 734 Å². The molecule has 0 spiro atoms. The molecule has 4 aliphatic heterocycles. The molecule has 4 saturated heterocycles. The van der Waals surface area contributed by atoms with Gasteiger partial charge in [0.15, 0.2) is 0 Å². The van der Waals surface area contributed by atoms with Crippen LogP contribution in [0.2, 0.25) is 0 Å². The number of aromatic hydroxyl groups is 1. The van der Waals surface area contributed by atoms with E-state index in [9.17, 15) is 57.8 Å². The molecule has 118 heavy (non-hydrogen) atoms. The summed E-state index contributed by atoms with van der Waals surface area (Å²) in [6, 6.07) is 6.16. The van der Waals surface area contributed by atoms with E-state index in [1.807, 2.05) is 47.6 Å². The molecule has 0 saturated carbocycles. The van der Waals surface area contributed by atoms with E-state index in [1.165, 1.54) is 63.6 Å². The Morgan fingerprint density at radius 3 is 1.25 bits per heavy atom. The number of likely N-dealkylation sites (tertiary alicyclic amines) is 3. The van der Waals surface area contributed by atoms with Crippen molar-refractivity contribution in [1.29, 1.82) is 0 Å². The Bertz CT molecular complexity index is 3890. The molecule has 0 aromatic carbocycles. The number of hydrogen-bond acceptors (Lipinski definition) is 29. The Kier molecular flexibility index (Phi) is 47.4. The molecular formula is C79H113Br4LiN8O26. The molecule has 8 heterocycles. The van der Waals surface area contributed by atoms with Crippen LogP contribution in [0.4, 0.5) is 4.79 Å². The van der Waals surface area contributed by atoms with Crippen LogP contribution in [0.3, 0.4) is 0 Å². The Balaban J connectivity index is 0.000000735. The second-order valence-corrected chi connectivity index (χ2v) is 35.4. The summed E-state index contributed by atoms with van der Waals surface area (Å²) in [5.41, 5.74) is -2.05. The van der Waals surface area contributed by atoms with Gasteiger partial charge in [0.25, 0.3) is 0 Å². The number of carboxylic acid groups (broad SMARTS) is 2. The fourth-order valence-electron chi connectivity index (χ4n) is 12.3. The van der Waals surface area contributed by atoms with E-state index in [4.69, 9.17) is 53.2 Å². The third-order valence-electron chi connectivity index (χ3n) is 18.6. The minimum Gasteiger partial charge on any atom is -0.870 e. The molecule has 0 bridgehead atoms. The molecule has 8 rings (SSSR count). The average Bonchev–Trinajstić information content (AvgIpc) is 1.61. The number of esters is 6. The summed E-state index contributed by atoms with van der Waals surface area (Å²) >= 11 is 13.1. The van der Waals surface area contributed by atoms with Crippen molar-refractivity contribution in [1.82, 2.24) is 40.0 Å². The number of pyridine rings is 4. The van der Waals surface area contributed by atoms with Crippen molar-refractivity contribution < 1.29 is 145 Å². The molecule has 3 amide bonds. The first-order chi connectivity index (χ1) is 54.1. The number of aliphatic carboxylic acids is 2. The van der Waals surface area contributed by atoms with E-state index in [-0.39, 0.29) is 111 Å². The number of halogens is 4. The van der Waals surface area contributed by atoms with Crippen LogP contribution in [0.5, 0.6) is 23.0 Å². The van der Waals surface area contributed by atoms with Crippen molar-refractivity contribution in [2.45, 2.75) is 158 Å². The van der Waals surface area contributed by atoms with Crippen LogP contribution in [0.15, 0.2) is 91.7 Å². The first-order valence-corrected chi connectivity index (χ1v) is 40.2. The number of ether oxygens (including phenoxy) is 10. The summed E-state index contributed by atoms with van der Waals surface area (Å²) < 4.78 is 53.8. The number of rotatable bonds is 23. The molecule has 4 fully saturated rings. The van der Waals surface area contributed by atoms with Gasteiger partial charge in [-0.15, -0.1) is 0 Å². The van der Waals surface area contributed by atoms with E-state index >= 15 is 0 Å². The second-order valence-electron chi connectivity index (χ2n) is 31.8. The smallest absolute Gasteiger partial charge is 0.870 e. The maximum Gasteiger partial charge on any atom is 1.00 e. The molecule has 6 N–H and O–H groups in total. The average molecular weight is 1920 g/mol. The van der Waals surface area contributed by atoms with E-state index < -0.39 is 106 Å². The van der Waals surface area contributed by atoms with Crippen molar-refractivity contribution in [3.8, 4) is 23.0 Å². The largest absolute Gasteiger partial charge is 1.00 e. The van der Waals surface area contributed by atoms with Gasteiger partial charge in [-0.2, -0.15) is 0 Å². The number of nitrogens with one attached hydrogen (secondary N) is 1. The normalized spacial score (nSPS) is 19.3. The van der Waals surface area contributed by atoms with E-state index in [2.05, 4.69) is 98.4 Å². The van der Waals surface area contributed by atoms with Gasteiger partial charge in [-0.25, -0.2) is 24.2 Å². The van der Waals surface area contributed by atoms with E-state index in [0.717, 1.165) is 32.1 Å². The fourth-order valence-corrected chi connectivity index (χ4v) is 13.6. The van der Waals surface area contributed by atoms with Crippen LogP contribution in [-0.2, 0) is 81.1 Å². The minimum absolute atomic E-state index is 0. The number of aliphatic hydroxyl groups excluding tert-OH is 1. The quantitative estimate of drug-likeness (QED) is 0.0209.